The number of hydrogen-bond acceptors (Lipinski definition) is 15. The average molecular weight is 808 g/mol. The number of azo groups is 3. The SMILES string of the molecule is Nc1c(N=Nc2ccccc2)cc(S(=O)(=O)O)c2cc(S(=O)(=O)O)c(N=Nc3ccc(N=Nc4ccc([O-])c(C(=O)[O-])c4)c4ccccc34)c([O-])c12.[Na+].[Na+].[Na+]. The first-order valence-electron chi connectivity index (χ1n) is 14.5. The zero-order valence-corrected chi connectivity index (χ0v) is 36.6. The number of nitrogen functional groups attached to an aromatic ring is 1. The van der Waals surface area contributed by atoms with Crippen molar-refractivity contribution in [3.63, 3.8) is 0 Å². The van der Waals surface area contributed by atoms with Crippen LogP contribution in [0.1, 0.15) is 10.4 Å². The van der Waals surface area contributed by atoms with Crippen molar-refractivity contribution in [3.8, 4) is 11.5 Å². The second kappa shape index (κ2) is 18.5. The number of carboxylic acids is 1. The van der Waals surface area contributed by atoms with Crippen LogP contribution in [0.4, 0.5) is 39.8 Å². The number of fused-ring (bicyclic) bond motifs is 2. The Balaban J connectivity index is 0.00000271. The fourth-order valence-electron chi connectivity index (χ4n) is 5.08. The number of carbonyl (C=O) groups excluding carboxylic acids is 1. The Morgan fingerprint density at radius 1 is 0.582 bits per heavy atom. The topological polar surface area (TPSA) is 295 Å². The standard InChI is InChI=1S/C33H23N7O10S2.3Na/c34-30-25(39-35-17-6-2-1-3-7-17)16-27(51(45,46)47)22-15-28(52(48,49)50)31(32(42)29(22)30)40-38-24-12-11-23(19-8-4-5-9-20(19)24)37-36-18-10-13-26(41)21(14-18)33(43)44;;;/h1-16,41-42H,34H2,(H,43,44)(H,45,46,47)(H,48,49,50);;;/q;3*+1/p-3. The monoisotopic (exact) mass is 807 g/mol. The third-order valence-corrected chi connectivity index (χ3v) is 9.24. The molecule has 0 bridgehead atoms. The van der Waals surface area contributed by atoms with Gasteiger partial charge in [-0.05, 0) is 54.1 Å². The molecule has 0 aliphatic carbocycles. The van der Waals surface area contributed by atoms with Crippen LogP contribution in [0.5, 0.6) is 11.5 Å². The molecule has 0 amide bonds. The summed E-state index contributed by atoms with van der Waals surface area (Å²) in [5.74, 6) is -3.72. The molecule has 0 aromatic heterocycles. The number of aromatic carboxylic acids is 1. The van der Waals surface area contributed by atoms with Crippen LogP contribution in [0.3, 0.4) is 0 Å². The van der Waals surface area contributed by atoms with Crippen molar-refractivity contribution in [1.82, 2.24) is 0 Å². The Morgan fingerprint density at radius 3 is 1.67 bits per heavy atom. The summed E-state index contributed by atoms with van der Waals surface area (Å²) in [6.07, 6.45) is 0. The van der Waals surface area contributed by atoms with E-state index in [1.165, 1.54) is 18.2 Å². The minimum Gasteiger partial charge on any atom is -0.872 e. The van der Waals surface area contributed by atoms with Gasteiger partial charge in [-0.3, -0.25) is 9.11 Å². The molecule has 4 N–H and O–H groups in total. The first-order chi connectivity index (χ1) is 24.6. The summed E-state index contributed by atoms with van der Waals surface area (Å²) in [6, 6.07) is 22.2. The van der Waals surface area contributed by atoms with E-state index in [0.717, 1.165) is 18.2 Å². The van der Waals surface area contributed by atoms with Crippen LogP contribution >= 0.6 is 0 Å². The molecule has 0 aliphatic heterocycles. The fraction of sp³-hybridized carbons (Fsp3) is 0. The molecule has 262 valence electrons. The van der Waals surface area contributed by atoms with E-state index in [1.807, 2.05) is 0 Å². The Bertz CT molecular complexity index is 2770. The molecular formula is C33H20N7Na3O10S2. The van der Waals surface area contributed by atoms with Gasteiger partial charge in [-0.2, -0.15) is 27.1 Å². The summed E-state index contributed by atoms with van der Waals surface area (Å²) in [5.41, 5.74) is 4.60. The van der Waals surface area contributed by atoms with Gasteiger partial charge in [0.2, 0.25) is 0 Å². The summed E-state index contributed by atoms with van der Waals surface area (Å²) < 4.78 is 70.0. The van der Waals surface area contributed by atoms with Crippen molar-refractivity contribution in [2.24, 2.45) is 30.7 Å². The van der Waals surface area contributed by atoms with Crippen molar-refractivity contribution >= 4 is 87.6 Å². The molecule has 55 heavy (non-hydrogen) atoms. The van der Waals surface area contributed by atoms with E-state index >= 15 is 0 Å². The first kappa shape index (κ1) is 45.7. The Morgan fingerprint density at radius 2 is 1.11 bits per heavy atom. The number of carbonyl (C=O) groups is 1. The minimum absolute atomic E-state index is 0. The quantitative estimate of drug-likeness (QED) is 0.0567. The van der Waals surface area contributed by atoms with Crippen molar-refractivity contribution in [1.29, 1.82) is 0 Å². The molecule has 0 radical (unpaired) electrons. The molecule has 6 aromatic carbocycles. The van der Waals surface area contributed by atoms with Gasteiger partial charge in [0.15, 0.2) is 0 Å². The molecule has 6 aromatic rings. The molecule has 6 rings (SSSR count). The van der Waals surface area contributed by atoms with Crippen LogP contribution in [0.2, 0.25) is 0 Å². The van der Waals surface area contributed by atoms with E-state index in [4.69, 9.17) is 5.73 Å². The molecule has 22 heteroatoms. The van der Waals surface area contributed by atoms with Crippen LogP contribution in [0, 0.1) is 0 Å². The third-order valence-electron chi connectivity index (χ3n) is 7.48. The number of rotatable bonds is 9. The van der Waals surface area contributed by atoms with Crippen molar-refractivity contribution < 1.29 is 135 Å². The van der Waals surface area contributed by atoms with E-state index in [2.05, 4.69) is 30.7 Å². The van der Waals surface area contributed by atoms with Gasteiger partial charge in [0.05, 0.1) is 40.1 Å². The van der Waals surface area contributed by atoms with Gasteiger partial charge < -0.3 is 25.8 Å². The normalized spacial score (nSPS) is 11.8. The second-order valence-electron chi connectivity index (χ2n) is 10.8. The predicted octanol–water partition coefficient (Wildman–Crippen LogP) is -3.16. The maximum atomic E-state index is 13.9. The number of nitrogens with zero attached hydrogens (tertiary/aromatic N) is 6. The fourth-order valence-corrected chi connectivity index (χ4v) is 6.43. The van der Waals surface area contributed by atoms with Crippen LogP contribution in [0.25, 0.3) is 21.5 Å². The van der Waals surface area contributed by atoms with E-state index in [1.54, 1.807) is 54.6 Å². The van der Waals surface area contributed by atoms with E-state index in [9.17, 15) is 46.1 Å². The molecule has 0 heterocycles. The maximum Gasteiger partial charge on any atom is 1.00 e. The number of benzene rings is 6. The third kappa shape index (κ3) is 10.0. The zero-order valence-electron chi connectivity index (χ0n) is 29.0. The van der Waals surface area contributed by atoms with Crippen LogP contribution in [0.15, 0.2) is 138 Å². The molecule has 0 saturated heterocycles. The van der Waals surface area contributed by atoms with Gasteiger partial charge in [0.1, 0.15) is 15.5 Å². The molecular weight excluding hydrogens is 788 g/mol. The maximum absolute atomic E-state index is 13.9. The van der Waals surface area contributed by atoms with E-state index < -0.39 is 75.2 Å². The Kier molecular flexibility index (Phi) is 15.4. The molecule has 0 saturated carbocycles. The van der Waals surface area contributed by atoms with Gasteiger partial charge in [-0.15, -0.1) is 20.5 Å². The van der Waals surface area contributed by atoms with Gasteiger partial charge in [0.25, 0.3) is 20.2 Å². The Hall–Kier alpha value is -3.67. The van der Waals surface area contributed by atoms with Gasteiger partial charge >= 0.3 is 88.7 Å². The van der Waals surface area contributed by atoms with Crippen molar-refractivity contribution in [2.75, 3.05) is 5.73 Å². The molecule has 0 fully saturated rings. The Labute approximate surface area is 378 Å². The summed E-state index contributed by atoms with van der Waals surface area (Å²) in [4.78, 5) is 9.15. The predicted molar refractivity (Wildman–Crippen MR) is 181 cm³/mol. The van der Waals surface area contributed by atoms with Gasteiger partial charge in [-0.25, -0.2) is 0 Å². The summed E-state index contributed by atoms with van der Waals surface area (Å²) >= 11 is 0. The first-order valence-corrected chi connectivity index (χ1v) is 17.4. The number of anilines is 1. The van der Waals surface area contributed by atoms with Gasteiger partial charge in [-0.1, -0.05) is 60.0 Å². The summed E-state index contributed by atoms with van der Waals surface area (Å²) in [7, 11) is -10.4. The summed E-state index contributed by atoms with van der Waals surface area (Å²) in [5, 5.41) is 60.4. The zero-order chi connectivity index (χ0) is 37.4. The van der Waals surface area contributed by atoms with Crippen molar-refractivity contribution in [2.45, 2.75) is 9.79 Å². The minimum atomic E-state index is -5.28. The van der Waals surface area contributed by atoms with Crippen LogP contribution < -0.4 is 110 Å². The smallest absolute Gasteiger partial charge is 0.872 e. The van der Waals surface area contributed by atoms with Crippen LogP contribution in [-0.4, -0.2) is 31.9 Å². The molecule has 0 atom stereocenters. The molecule has 0 aliphatic rings. The largest absolute Gasteiger partial charge is 1.00 e. The van der Waals surface area contributed by atoms with Crippen LogP contribution in [-0.2, 0) is 20.2 Å². The van der Waals surface area contributed by atoms with Crippen molar-refractivity contribution in [3.05, 3.63) is 103 Å². The molecule has 0 spiro atoms. The summed E-state index contributed by atoms with van der Waals surface area (Å²) in [6.45, 7) is 0. The number of carboxylic acid groups (broad SMARTS) is 1. The number of hydrogen-bond donors (Lipinski definition) is 3. The molecule has 17 nitrogen and oxygen atoms in total. The second-order valence-corrected chi connectivity index (χ2v) is 13.6. The number of nitrogens with two attached hydrogens (primary N) is 1. The average Bonchev–Trinajstić information content (AvgIpc) is 3.10. The van der Waals surface area contributed by atoms with E-state index in [0.29, 0.717) is 22.5 Å². The van der Waals surface area contributed by atoms with Gasteiger partial charge in [0, 0.05) is 21.5 Å². The molecule has 0 unspecified atom stereocenters. The van der Waals surface area contributed by atoms with E-state index in [-0.39, 0.29) is 111 Å².